The lowest BCUT2D eigenvalue weighted by molar-refractivity contribution is 0.0943. The maximum atomic E-state index is 12.3. The third-order valence-corrected chi connectivity index (χ3v) is 3.91. The van der Waals surface area contributed by atoms with Crippen LogP contribution < -0.4 is 20.1 Å². The van der Waals surface area contributed by atoms with Crippen LogP contribution >= 0.6 is 11.6 Å². The molecule has 0 saturated carbocycles. The van der Waals surface area contributed by atoms with Gasteiger partial charge in [0.05, 0.1) is 24.9 Å². The second kappa shape index (κ2) is 9.94. The molecule has 0 aliphatic heterocycles. The summed E-state index contributed by atoms with van der Waals surface area (Å²) in [7, 11) is 4.68. The lowest BCUT2D eigenvalue weighted by Crippen LogP contribution is -2.26. The molecular formula is C18H23ClN4O4. The van der Waals surface area contributed by atoms with Gasteiger partial charge in [-0.3, -0.25) is 4.79 Å². The molecular weight excluding hydrogens is 372 g/mol. The summed E-state index contributed by atoms with van der Waals surface area (Å²) in [6.07, 6.45) is 0.721. The number of nitrogens with one attached hydrogen (secondary N) is 2. The zero-order valence-electron chi connectivity index (χ0n) is 15.8. The molecule has 2 rings (SSSR count). The smallest absolute Gasteiger partial charge is 0.270 e. The van der Waals surface area contributed by atoms with E-state index in [-0.39, 0.29) is 11.6 Å². The second-order valence-corrected chi connectivity index (χ2v) is 6.01. The standard InChI is InChI=1S/C18H23ClN4O4/c1-11-21-14(18(24)20-6-5-7-25-2)10-17(22-11)23-13-9-15(26-3)12(19)8-16(13)27-4/h8-10H,5-7H2,1-4H3,(H,20,24)(H,21,22,23). The molecule has 0 unspecified atom stereocenters. The van der Waals surface area contributed by atoms with Crippen LogP contribution in [-0.4, -0.2) is 50.4 Å². The summed E-state index contributed by atoms with van der Waals surface area (Å²) in [5.74, 6) is 1.64. The fraction of sp³-hybridized carbons (Fsp3) is 0.389. The third-order valence-electron chi connectivity index (χ3n) is 3.62. The number of aromatic nitrogens is 2. The number of amides is 1. The zero-order valence-corrected chi connectivity index (χ0v) is 16.5. The van der Waals surface area contributed by atoms with Crippen LogP contribution in [0.4, 0.5) is 11.5 Å². The Balaban J connectivity index is 2.22. The number of halogens is 1. The number of carbonyl (C=O) groups excluding carboxylic acids is 1. The lowest BCUT2D eigenvalue weighted by atomic mass is 10.2. The SMILES string of the molecule is COCCCNC(=O)c1cc(Nc2cc(OC)c(Cl)cc2OC)nc(C)n1. The molecule has 2 N–H and O–H groups in total. The van der Waals surface area contributed by atoms with E-state index in [2.05, 4.69) is 20.6 Å². The van der Waals surface area contributed by atoms with Crippen molar-refractivity contribution in [2.45, 2.75) is 13.3 Å². The minimum atomic E-state index is -0.277. The van der Waals surface area contributed by atoms with Crippen molar-refractivity contribution < 1.29 is 19.0 Å². The van der Waals surface area contributed by atoms with E-state index >= 15 is 0 Å². The number of ether oxygens (including phenoxy) is 3. The number of rotatable bonds is 9. The fourth-order valence-corrected chi connectivity index (χ4v) is 2.58. The molecule has 0 bridgehead atoms. The van der Waals surface area contributed by atoms with Crippen molar-refractivity contribution in [1.29, 1.82) is 0 Å². The first-order valence-corrected chi connectivity index (χ1v) is 8.67. The molecule has 27 heavy (non-hydrogen) atoms. The molecule has 0 radical (unpaired) electrons. The molecule has 0 atom stereocenters. The van der Waals surface area contributed by atoms with E-state index in [1.807, 2.05) is 0 Å². The zero-order chi connectivity index (χ0) is 19.8. The largest absolute Gasteiger partial charge is 0.495 e. The second-order valence-electron chi connectivity index (χ2n) is 5.60. The molecule has 0 aliphatic carbocycles. The average Bonchev–Trinajstić information content (AvgIpc) is 2.65. The number of methoxy groups -OCH3 is 3. The summed E-state index contributed by atoms with van der Waals surface area (Å²) in [6.45, 7) is 2.79. The van der Waals surface area contributed by atoms with Crippen LogP contribution in [0.15, 0.2) is 18.2 Å². The van der Waals surface area contributed by atoms with Crippen molar-refractivity contribution in [1.82, 2.24) is 15.3 Å². The first kappa shape index (κ1) is 20.7. The number of nitrogens with zero attached hydrogens (tertiary/aromatic N) is 2. The van der Waals surface area contributed by atoms with Crippen molar-refractivity contribution in [3.8, 4) is 11.5 Å². The number of hydrogen-bond acceptors (Lipinski definition) is 7. The molecule has 0 spiro atoms. The lowest BCUT2D eigenvalue weighted by Gasteiger charge is -2.14. The van der Waals surface area contributed by atoms with Crippen LogP contribution in [0.2, 0.25) is 5.02 Å². The van der Waals surface area contributed by atoms with Crippen molar-refractivity contribution in [3.63, 3.8) is 0 Å². The van der Waals surface area contributed by atoms with Gasteiger partial charge in [-0.25, -0.2) is 9.97 Å². The van der Waals surface area contributed by atoms with Crippen LogP contribution in [0.5, 0.6) is 11.5 Å². The monoisotopic (exact) mass is 394 g/mol. The van der Waals surface area contributed by atoms with Gasteiger partial charge in [0.15, 0.2) is 0 Å². The quantitative estimate of drug-likeness (QED) is 0.631. The molecule has 1 heterocycles. The van der Waals surface area contributed by atoms with Crippen LogP contribution in [0.1, 0.15) is 22.7 Å². The summed E-state index contributed by atoms with van der Waals surface area (Å²) < 4.78 is 15.5. The van der Waals surface area contributed by atoms with Gasteiger partial charge in [-0.15, -0.1) is 0 Å². The summed E-state index contributed by atoms with van der Waals surface area (Å²) in [5, 5.41) is 6.35. The third kappa shape index (κ3) is 5.70. The summed E-state index contributed by atoms with van der Waals surface area (Å²) >= 11 is 6.13. The fourth-order valence-electron chi connectivity index (χ4n) is 2.35. The molecule has 0 saturated heterocycles. The topological polar surface area (TPSA) is 94.6 Å². The van der Waals surface area contributed by atoms with Crippen LogP contribution in [0, 0.1) is 6.92 Å². The highest BCUT2D eigenvalue weighted by Crippen LogP contribution is 2.37. The molecule has 0 fully saturated rings. The Labute approximate surface area is 163 Å². The molecule has 1 aromatic heterocycles. The van der Waals surface area contributed by atoms with E-state index in [0.717, 1.165) is 6.42 Å². The molecule has 1 amide bonds. The predicted octanol–water partition coefficient (Wildman–Crippen LogP) is 2.97. The Bertz CT molecular complexity index is 801. The van der Waals surface area contributed by atoms with Gasteiger partial charge in [0.2, 0.25) is 0 Å². The van der Waals surface area contributed by atoms with Gasteiger partial charge < -0.3 is 24.8 Å². The molecule has 0 aliphatic rings. The first-order valence-electron chi connectivity index (χ1n) is 8.29. The summed E-state index contributed by atoms with van der Waals surface area (Å²) in [4.78, 5) is 20.8. The molecule has 2 aromatic rings. The molecule has 9 heteroatoms. The van der Waals surface area contributed by atoms with Gasteiger partial charge in [0, 0.05) is 38.5 Å². The van der Waals surface area contributed by atoms with Gasteiger partial charge in [-0.2, -0.15) is 0 Å². The Morgan fingerprint density at radius 3 is 2.52 bits per heavy atom. The minimum absolute atomic E-state index is 0.266. The van der Waals surface area contributed by atoms with E-state index in [1.54, 1.807) is 32.2 Å². The predicted molar refractivity (Wildman–Crippen MR) is 103 cm³/mol. The summed E-state index contributed by atoms with van der Waals surface area (Å²) in [5.41, 5.74) is 0.866. The highest BCUT2D eigenvalue weighted by molar-refractivity contribution is 6.32. The van der Waals surface area contributed by atoms with E-state index < -0.39 is 0 Å². The highest BCUT2D eigenvalue weighted by Gasteiger charge is 2.14. The Morgan fingerprint density at radius 2 is 1.85 bits per heavy atom. The minimum Gasteiger partial charge on any atom is -0.495 e. The van der Waals surface area contributed by atoms with Crippen molar-refractivity contribution in [3.05, 3.63) is 34.7 Å². The number of anilines is 2. The molecule has 1 aromatic carbocycles. The maximum absolute atomic E-state index is 12.3. The van der Waals surface area contributed by atoms with Crippen LogP contribution in [0.25, 0.3) is 0 Å². The van der Waals surface area contributed by atoms with Gasteiger partial charge >= 0.3 is 0 Å². The summed E-state index contributed by atoms with van der Waals surface area (Å²) in [6, 6.07) is 4.91. The van der Waals surface area contributed by atoms with Crippen molar-refractivity contribution in [2.24, 2.45) is 0 Å². The number of aryl methyl sites for hydroxylation is 1. The Kier molecular flexibility index (Phi) is 7.63. The van der Waals surface area contributed by atoms with E-state index in [0.29, 0.717) is 47.0 Å². The molecule has 8 nitrogen and oxygen atoms in total. The van der Waals surface area contributed by atoms with Crippen molar-refractivity contribution in [2.75, 3.05) is 39.8 Å². The van der Waals surface area contributed by atoms with E-state index in [9.17, 15) is 4.79 Å². The first-order chi connectivity index (χ1) is 13.0. The highest BCUT2D eigenvalue weighted by atomic mass is 35.5. The normalized spacial score (nSPS) is 10.4. The van der Waals surface area contributed by atoms with Gasteiger partial charge in [-0.05, 0) is 13.3 Å². The van der Waals surface area contributed by atoms with Gasteiger partial charge in [0.1, 0.15) is 28.8 Å². The van der Waals surface area contributed by atoms with Gasteiger partial charge in [0.25, 0.3) is 5.91 Å². The average molecular weight is 395 g/mol. The van der Waals surface area contributed by atoms with Gasteiger partial charge in [-0.1, -0.05) is 11.6 Å². The Hall–Kier alpha value is -2.58. The van der Waals surface area contributed by atoms with Crippen LogP contribution in [0.3, 0.4) is 0 Å². The number of carbonyl (C=O) groups is 1. The van der Waals surface area contributed by atoms with E-state index in [4.69, 9.17) is 25.8 Å². The van der Waals surface area contributed by atoms with Crippen molar-refractivity contribution >= 4 is 29.0 Å². The van der Waals surface area contributed by atoms with Crippen LogP contribution in [-0.2, 0) is 4.74 Å². The molecule has 146 valence electrons. The number of hydrogen-bond donors (Lipinski definition) is 2. The Morgan fingerprint density at radius 1 is 1.11 bits per heavy atom. The van der Waals surface area contributed by atoms with E-state index in [1.165, 1.54) is 14.2 Å². The maximum Gasteiger partial charge on any atom is 0.270 e. The number of benzene rings is 1.